The van der Waals surface area contributed by atoms with E-state index in [4.69, 9.17) is 0 Å². The summed E-state index contributed by atoms with van der Waals surface area (Å²) in [4.78, 5) is 25.4. The van der Waals surface area contributed by atoms with Gasteiger partial charge in [-0.1, -0.05) is 6.07 Å². The fraction of sp³-hybridized carbons (Fsp3) is 0.278. The predicted octanol–water partition coefficient (Wildman–Crippen LogP) is 2.20. The van der Waals surface area contributed by atoms with Crippen molar-refractivity contribution in [1.82, 2.24) is 29.1 Å². The SMILES string of the molecule is CC(C)(C)n1ncc2c(NCc3cc(=O)n4ccccc4n3)ncnc21. The molecule has 8 heteroatoms. The third-order valence-corrected chi connectivity index (χ3v) is 4.06. The van der Waals surface area contributed by atoms with Crippen molar-refractivity contribution in [2.75, 3.05) is 5.32 Å². The maximum Gasteiger partial charge on any atom is 0.258 e. The fourth-order valence-corrected chi connectivity index (χ4v) is 2.84. The van der Waals surface area contributed by atoms with Crippen LogP contribution < -0.4 is 10.9 Å². The summed E-state index contributed by atoms with van der Waals surface area (Å²) in [6, 6.07) is 6.99. The van der Waals surface area contributed by atoms with Crippen molar-refractivity contribution < 1.29 is 0 Å². The molecule has 0 bridgehead atoms. The maximum absolute atomic E-state index is 12.2. The molecule has 0 saturated carbocycles. The van der Waals surface area contributed by atoms with Gasteiger partial charge >= 0.3 is 0 Å². The van der Waals surface area contributed by atoms with Crippen molar-refractivity contribution in [2.45, 2.75) is 32.9 Å². The Labute approximate surface area is 149 Å². The molecular formula is C18H19N7O. The van der Waals surface area contributed by atoms with E-state index in [1.54, 1.807) is 24.5 Å². The highest BCUT2D eigenvalue weighted by atomic mass is 16.1. The first-order valence-corrected chi connectivity index (χ1v) is 8.34. The molecule has 0 atom stereocenters. The number of hydrogen-bond donors (Lipinski definition) is 1. The maximum atomic E-state index is 12.2. The molecule has 0 radical (unpaired) electrons. The number of pyridine rings is 1. The van der Waals surface area contributed by atoms with Crippen molar-refractivity contribution in [3.8, 4) is 0 Å². The number of nitrogens with one attached hydrogen (secondary N) is 1. The quantitative estimate of drug-likeness (QED) is 0.610. The standard InChI is InChI=1S/C18H19N7O/c1-18(2,3)25-17-13(10-22-25)16(20-11-21-17)19-9-12-8-15(26)24-7-5-4-6-14(24)23-12/h4-8,10-11H,9H2,1-3H3,(H,19,20,21). The van der Waals surface area contributed by atoms with Crippen molar-refractivity contribution >= 4 is 22.5 Å². The second kappa shape index (κ2) is 5.91. The normalized spacial score (nSPS) is 12.0. The first kappa shape index (κ1) is 16.2. The van der Waals surface area contributed by atoms with E-state index in [1.165, 1.54) is 16.8 Å². The topological polar surface area (TPSA) is 90.0 Å². The molecule has 4 heterocycles. The second-order valence-corrected chi connectivity index (χ2v) is 7.05. The van der Waals surface area contributed by atoms with Gasteiger partial charge in [-0.2, -0.15) is 5.10 Å². The molecule has 132 valence electrons. The van der Waals surface area contributed by atoms with Crippen molar-refractivity contribution in [3.05, 3.63) is 59.0 Å². The number of aromatic nitrogens is 6. The van der Waals surface area contributed by atoms with Gasteiger partial charge in [-0.25, -0.2) is 19.6 Å². The summed E-state index contributed by atoms with van der Waals surface area (Å²) in [5.41, 5.74) is 1.74. The molecule has 1 N–H and O–H groups in total. The highest BCUT2D eigenvalue weighted by Crippen LogP contribution is 2.24. The molecule has 0 amide bonds. The third kappa shape index (κ3) is 2.79. The Morgan fingerprint density at radius 3 is 2.85 bits per heavy atom. The van der Waals surface area contributed by atoms with Crippen LogP contribution >= 0.6 is 0 Å². The van der Waals surface area contributed by atoms with Gasteiger partial charge in [-0.15, -0.1) is 0 Å². The molecule has 0 saturated heterocycles. The number of nitrogens with zero attached hydrogens (tertiary/aromatic N) is 6. The average Bonchev–Trinajstić information content (AvgIpc) is 3.05. The summed E-state index contributed by atoms with van der Waals surface area (Å²) in [5, 5.41) is 8.52. The summed E-state index contributed by atoms with van der Waals surface area (Å²) in [6.07, 6.45) is 4.97. The molecule has 0 aromatic carbocycles. The zero-order valence-electron chi connectivity index (χ0n) is 14.8. The zero-order valence-corrected chi connectivity index (χ0v) is 14.8. The van der Waals surface area contributed by atoms with Crippen LogP contribution in [0.4, 0.5) is 5.82 Å². The molecule has 26 heavy (non-hydrogen) atoms. The lowest BCUT2D eigenvalue weighted by Gasteiger charge is -2.19. The van der Waals surface area contributed by atoms with Crippen LogP contribution in [0, 0.1) is 0 Å². The van der Waals surface area contributed by atoms with Crippen LogP contribution in [0.15, 0.2) is 47.8 Å². The molecule has 0 aliphatic carbocycles. The largest absolute Gasteiger partial charge is 0.364 e. The first-order valence-electron chi connectivity index (χ1n) is 8.34. The minimum absolute atomic E-state index is 0.110. The van der Waals surface area contributed by atoms with Gasteiger partial charge in [-0.05, 0) is 32.9 Å². The Hall–Kier alpha value is -3.29. The minimum Gasteiger partial charge on any atom is -0.364 e. The van der Waals surface area contributed by atoms with Gasteiger partial charge in [0.05, 0.1) is 29.4 Å². The van der Waals surface area contributed by atoms with Crippen LogP contribution in [0.25, 0.3) is 16.7 Å². The Kier molecular flexibility index (Phi) is 3.68. The number of rotatable bonds is 3. The predicted molar refractivity (Wildman–Crippen MR) is 99.1 cm³/mol. The van der Waals surface area contributed by atoms with Gasteiger partial charge in [0, 0.05) is 12.3 Å². The molecule has 4 aromatic heterocycles. The lowest BCUT2D eigenvalue weighted by molar-refractivity contribution is 0.366. The van der Waals surface area contributed by atoms with E-state index >= 15 is 0 Å². The smallest absolute Gasteiger partial charge is 0.258 e. The van der Waals surface area contributed by atoms with Crippen molar-refractivity contribution in [2.24, 2.45) is 0 Å². The van der Waals surface area contributed by atoms with E-state index < -0.39 is 0 Å². The van der Waals surface area contributed by atoms with Crippen LogP contribution in [0.3, 0.4) is 0 Å². The summed E-state index contributed by atoms with van der Waals surface area (Å²) < 4.78 is 3.38. The average molecular weight is 349 g/mol. The Morgan fingerprint density at radius 2 is 2.04 bits per heavy atom. The lowest BCUT2D eigenvalue weighted by atomic mass is 10.1. The van der Waals surface area contributed by atoms with Crippen LogP contribution in [0.5, 0.6) is 0 Å². The highest BCUT2D eigenvalue weighted by molar-refractivity contribution is 5.86. The molecule has 4 rings (SSSR count). The number of hydrogen-bond acceptors (Lipinski definition) is 6. The molecule has 0 aliphatic heterocycles. The van der Waals surface area contributed by atoms with E-state index in [9.17, 15) is 4.79 Å². The fourth-order valence-electron chi connectivity index (χ4n) is 2.84. The monoisotopic (exact) mass is 349 g/mol. The van der Waals surface area contributed by atoms with E-state index in [1.807, 2.05) is 10.7 Å². The lowest BCUT2D eigenvalue weighted by Crippen LogP contribution is -2.23. The van der Waals surface area contributed by atoms with Gasteiger partial charge in [0.15, 0.2) is 5.65 Å². The Balaban J connectivity index is 1.67. The molecule has 0 unspecified atom stereocenters. The van der Waals surface area contributed by atoms with Gasteiger partial charge in [0.2, 0.25) is 0 Å². The second-order valence-electron chi connectivity index (χ2n) is 7.05. The Morgan fingerprint density at radius 1 is 1.19 bits per heavy atom. The minimum atomic E-state index is -0.179. The van der Waals surface area contributed by atoms with E-state index in [0.717, 1.165) is 11.0 Å². The Bertz CT molecular complexity index is 1150. The number of anilines is 1. The number of fused-ring (bicyclic) bond motifs is 2. The van der Waals surface area contributed by atoms with Crippen LogP contribution in [0.2, 0.25) is 0 Å². The molecule has 0 aliphatic rings. The summed E-state index contributed by atoms with van der Waals surface area (Å²) in [7, 11) is 0. The van der Waals surface area contributed by atoms with E-state index in [2.05, 4.69) is 46.1 Å². The molecule has 0 fully saturated rings. The molecule has 4 aromatic rings. The van der Waals surface area contributed by atoms with E-state index in [-0.39, 0.29) is 11.1 Å². The van der Waals surface area contributed by atoms with Gasteiger partial charge in [-0.3, -0.25) is 9.20 Å². The van der Waals surface area contributed by atoms with Gasteiger partial charge in [0.1, 0.15) is 17.8 Å². The van der Waals surface area contributed by atoms with Crippen LogP contribution in [0.1, 0.15) is 26.5 Å². The zero-order chi connectivity index (χ0) is 18.3. The third-order valence-electron chi connectivity index (χ3n) is 4.06. The van der Waals surface area contributed by atoms with Crippen molar-refractivity contribution in [1.29, 1.82) is 0 Å². The summed E-state index contributed by atoms with van der Waals surface area (Å²) in [5.74, 6) is 0.667. The molecular weight excluding hydrogens is 330 g/mol. The van der Waals surface area contributed by atoms with Crippen LogP contribution in [-0.2, 0) is 12.1 Å². The molecule has 0 spiro atoms. The van der Waals surface area contributed by atoms with Gasteiger partial charge < -0.3 is 5.32 Å². The van der Waals surface area contributed by atoms with Gasteiger partial charge in [0.25, 0.3) is 5.56 Å². The van der Waals surface area contributed by atoms with Crippen LogP contribution in [-0.4, -0.2) is 29.1 Å². The van der Waals surface area contributed by atoms with E-state index in [0.29, 0.717) is 23.7 Å². The highest BCUT2D eigenvalue weighted by Gasteiger charge is 2.19. The first-order chi connectivity index (χ1) is 12.4. The molecule has 8 nitrogen and oxygen atoms in total. The summed E-state index contributed by atoms with van der Waals surface area (Å²) >= 11 is 0. The van der Waals surface area contributed by atoms with Crippen molar-refractivity contribution in [3.63, 3.8) is 0 Å². The summed E-state index contributed by atoms with van der Waals surface area (Å²) in [6.45, 7) is 6.59.